The number of fused-ring (bicyclic) bond motifs is 1. The SMILES string of the molecule is C/C=C/CN1Cc2ccccc2CC1CN. The molecule has 0 spiro atoms. The highest BCUT2D eigenvalue weighted by Gasteiger charge is 2.23. The second-order valence-corrected chi connectivity index (χ2v) is 4.36. The van der Waals surface area contributed by atoms with Gasteiger partial charge in [-0.1, -0.05) is 36.4 Å². The first-order valence-corrected chi connectivity index (χ1v) is 5.97. The second kappa shape index (κ2) is 5.28. The Hall–Kier alpha value is -1.12. The fraction of sp³-hybridized carbons (Fsp3) is 0.429. The van der Waals surface area contributed by atoms with Crippen LogP contribution in [0.25, 0.3) is 0 Å². The van der Waals surface area contributed by atoms with Gasteiger partial charge in [0.05, 0.1) is 0 Å². The summed E-state index contributed by atoms with van der Waals surface area (Å²) in [6.45, 7) is 4.84. The van der Waals surface area contributed by atoms with Crippen molar-refractivity contribution >= 4 is 0 Å². The number of rotatable bonds is 3. The normalized spacial score (nSPS) is 21.2. The first-order chi connectivity index (χ1) is 7.85. The van der Waals surface area contributed by atoms with Gasteiger partial charge in [0.1, 0.15) is 0 Å². The Morgan fingerprint density at radius 3 is 2.81 bits per heavy atom. The molecular formula is C14H20N2. The first kappa shape index (κ1) is 11.4. The largest absolute Gasteiger partial charge is 0.329 e. The predicted octanol–water partition coefficient (Wildman–Crippen LogP) is 1.95. The lowest BCUT2D eigenvalue weighted by Crippen LogP contribution is -2.44. The van der Waals surface area contributed by atoms with Crippen molar-refractivity contribution in [2.24, 2.45) is 5.73 Å². The molecule has 16 heavy (non-hydrogen) atoms. The van der Waals surface area contributed by atoms with Gasteiger partial charge in [0.25, 0.3) is 0 Å². The smallest absolute Gasteiger partial charge is 0.0265 e. The highest BCUT2D eigenvalue weighted by molar-refractivity contribution is 5.30. The number of nitrogens with two attached hydrogens (primary N) is 1. The summed E-state index contributed by atoms with van der Waals surface area (Å²) in [6.07, 6.45) is 5.40. The van der Waals surface area contributed by atoms with Gasteiger partial charge in [-0.15, -0.1) is 0 Å². The first-order valence-electron chi connectivity index (χ1n) is 5.97. The molecule has 2 N–H and O–H groups in total. The predicted molar refractivity (Wildman–Crippen MR) is 68.2 cm³/mol. The van der Waals surface area contributed by atoms with Gasteiger partial charge >= 0.3 is 0 Å². The second-order valence-electron chi connectivity index (χ2n) is 4.36. The van der Waals surface area contributed by atoms with E-state index in [9.17, 15) is 0 Å². The number of hydrogen-bond donors (Lipinski definition) is 1. The quantitative estimate of drug-likeness (QED) is 0.782. The van der Waals surface area contributed by atoms with Gasteiger partial charge in [0, 0.05) is 25.7 Å². The zero-order valence-electron chi connectivity index (χ0n) is 9.89. The van der Waals surface area contributed by atoms with Crippen molar-refractivity contribution in [3.8, 4) is 0 Å². The third-order valence-electron chi connectivity index (χ3n) is 3.31. The average Bonchev–Trinajstić information content (AvgIpc) is 2.35. The number of nitrogens with zero attached hydrogens (tertiary/aromatic N) is 1. The summed E-state index contributed by atoms with van der Waals surface area (Å²) in [6, 6.07) is 9.19. The molecule has 0 bridgehead atoms. The van der Waals surface area contributed by atoms with E-state index in [1.807, 2.05) is 0 Å². The van der Waals surface area contributed by atoms with Crippen LogP contribution in [0.1, 0.15) is 18.1 Å². The zero-order chi connectivity index (χ0) is 11.4. The maximum absolute atomic E-state index is 5.86. The molecule has 86 valence electrons. The lowest BCUT2D eigenvalue weighted by atomic mass is 9.94. The molecule has 0 fully saturated rings. The molecule has 0 aliphatic carbocycles. The van der Waals surface area contributed by atoms with E-state index in [2.05, 4.69) is 48.2 Å². The van der Waals surface area contributed by atoms with Crippen LogP contribution in [-0.2, 0) is 13.0 Å². The minimum atomic E-state index is 0.492. The average molecular weight is 216 g/mol. The monoisotopic (exact) mass is 216 g/mol. The van der Waals surface area contributed by atoms with Crippen LogP contribution in [0.3, 0.4) is 0 Å². The standard InChI is InChI=1S/C14H20N2/c1-2-3-8-16-11-13-7-5-4-6-12(13)9-14(16)10-15/h2-7,14H,8-11,15H2,1H3/b3-2+. The number of allylic oxidation sites excluding steroid dienone is 1. The van der Waals surface area contributed by atoms with Crippen molar-refractivity contribution in [3.63, 3.8) is 0 Å². The highest BCUT2D eigenvalue weighted by atomic mass is 15.2. The molecule has 2 nitrogen and oxygen atoms in total. The van der Waals surface area contributed by atoms with Crippen LogP contribution in [0.4, 0.5) is 0 Å². The van der Waals surface area contributed by atoms with E-state index in [4.69, 9.17) is 5.73 Å². The van der Waals surface area contributed by atoms with Crippen LogP contribution in [0, 0.1) is 0 Å². The Morgan fingerprint density at radius 1 is 1.38 bits per heavy atom. The fourth-order valence-corrected chi connectivity index (χ4v) is 2.33. The topological polar surface area (TPSA) is 29.3 Å². The lowest BCUT2D eigenvalue weighted by molar-refractivity contribution is 0.196. The van der Waals surface area contributed by atoms with E-state index in [0.29, 0.717) is 6.04 Å². The third kappa shape index (κ3) is 2.34. The maximum atomic E-state index is 5.86. The molecule has 0 radical (unpaired) electrons. The Labute approximate surface area is 97.8 Å². The maximum Gasteiger partial charge on any atom is 0.0265 e. The molecule has 1 heterocycles. The molecule has 0 amide bonds. The minimum Gasteiger partial charge on any atom is -0.329 e. The Kier molecular flexibility index (Phi) is 3.75. The molecule has 1 aromatic rings. The van der Waals surface area contributed by atoms with Gasteiger partial charge in [0.2, 0.25) is 0 Å². The van der Waals surface area contributed by atoms with Crippen molar-refractivity contribution in [3.05, 3.63) is 47.5 Å². The summed E-state index contributed by atoms with van der Waals surface area (Å²) in [7, 11) is 0. The van der Waals surface area contributed by atoms with Crippen molar-refractivity contribution in [1.82, 2.24) is 4.90 Å². The summed E-state index contributed by atoms with van der Waals surface area (Å²) in [4.78, 5) is 2.46. The highest BCUT2D eigenvalue weighted by Crippen LogP contribution is 2.22. The summed E-state index contributed by atoms with van der Waals surface area (Å²) in [5.74, 6) is 0. The van der Waals surface area contributed by atoms with Gasteiger partial charge in [-0.25, -0.2) is 0 Å². The van der Waals surface area contributed by atoms with Gasteiger partial charge in [-0.2, -0.15) is 0 Å². The molecule has 1 aliphatic rings. The molecule has 1 aliphatic heterocycles. The van der Waals surface area contributed by atoms with E-state index in [1.165, 1.54) is 11.1 Å². The summed E-state index contributed by atoms with van der Waals surface area (Å²) in [5, 5.41) is 0. The molecule has 1 aromatic carbocycles. The van der Waals surface area contributed by atoms with Crippen LogP contribution in [-0.4, -0.2) is 24.0 Å². The third-order valence-corrected chi connectivity index (χ3v) is 3.31. The van der Waals surface area contributed by atoms with Crippen molar-refractivity contribution in [2.45, 2.75) is 25.9 Å². The zero-order valence-corrected chi connectivity index (χ0v) is 9.89. The van der Waals surface area contributed by atoms with Gasteiger partial charge in [-0.05, 0) is 24.5 Å². The lowest BCUT2D eigenvalue weighted by Gasteiger charge is -2.35. The molecule has 0 saturated heterocycles. The van der Waals surface area contributed by atoms with E-state index >= 15 is 0 Å². The minimum absolute atomic E-state index is 0.492. The number of hydrogen-bond acceptors (Lipinski definition) is 2. The van der Waals surface area contributed by atoms with E-state index in [0.717, 1.165) is 26.1 Å². The molecule has 2 heteroatoms. The van der Waals surface area contributed by atoms with Gasteiger partial charge in [0.15, 0.2) is 0 Å². The molecule has 1 unspecified atom stereocenters. The van der Waals surface area contributed by atoms with E-state index < -0.39 is 0 Å². The van der Waals surface area contributed by atoms with E-state index in [-0.39, 0.29) is 0 Å². The van der Waals surface area contributed by atoms with Crippen molar-refractivity contribution in [1.29, 1.82) is 0 Å². The van der Waals surface area contributed by atoms with Gasteiger partial charge < -0.3 is 5.73 Å². The number of benzene rings is 1. The fourth-order valence-electron chi connectivity index (χ4n) is 2.33. The Morgan fingerprint density at radius 2 is 2.12 bits per heavy atom. The molecular weight excluding hydrogens is 196 g/mol. The van der Waals surface area contributed by atoms with Crippen LogP contribution >= 0.6 is 0 Å². The molecule has 2 rings (SSSR count). The summed E-state index contributed by atoms with van der Waals surface area (Å²) < 4.78 is 0. The van der Waals surface area contributed by atoms with Crippen LogP contribution in [0.15, 0.2) is 36.4 Å². The molecule has 0 aromatic heterocycles. The van der Waals surface area contributed by atoms with Crippen molar-refractivity contribution in [2.75, 3.05) is 13.1 Å². The molecule has 1 atom stereocenters. The van der Waals surface area contributed by atoms with Crippen LogP contribution < -0.4 is 5.73 Å². The molecule has 0 saturated carbocycles. The summed E-state index contributed by atoms with van der Waals surface area (Å²) >= 11 is 0. The Balaban J connectivity index is 2.17. The Bertz CT molecular complexity index is 371. The summed E-state index contributed by atoms with van der Waals surface area (Å²) in [5.41, 5.74) is 8.78. The van der Waals surface area contributed by atoms with Gasteiger partial charge in [-0.3, -0.25) is 4.90 Å². The van der Waals surface area contributed by atoms with E-state index in [1.54, 1.807) is 0 Å². The van der Waals surface area contributed by atoms with Crippen LogP contribution in [0.2, 0.25) is 0 Å². The van der Waals surface area contributed by atoms with Crippen LogP contribution in [0.5, 0.6) is 0 Å². The van der Waals surface area contributed by atoms with Crippen molar-refractivity contribution < 1.29 is 0 Å².